The van der Waals surface area contributed by atoms with Crippen LogP contribution < -0.4 is 20.9 Å². The van der Waals surface area contributed by atoms with Crippen molar-refractivity contribution in [2.75, 3.05) is 49.2 Å². The lowest BCUT2D eigenvalue weighted by Crippen LogP contribution is -2.43. The molecule has 0 radical (unpaired) electrons. The average molecular weight is 701 g/mol. The van der Waals surface area contributed by atoms with Gasteiger partial charge in [-0.25, -0.2) is 4.79 Å². The minimum atomic E-state index is -1.04. The number of carbonyl (C=O) groups is 6. The molecular formula is C29H35Cl2N5O9S. The Bertz CT molecular complexity index is 1420. The minimum Gasteiger partial charge on any atom is -0.481 e. The summed E-state index contributed by atoms with van der Waals surface area (Å²) >= 11 is 7.05. The molecule has 3 heterocycles. The Hall–Kier alpha value is -3.76. The van der Waals surface area contributed by atoms with Crippen molar-refractivity contribution >= 4 is 82.4 Å². The van der Waals surface area contributed by atoms with Gasteiger partial charge in [-0.15, -0.1) is 23.7 Å². The van der Waals surface area contributed by atoms with Crippen molar-refractivity contribution in [2.24, 2.45) is 5.73 Å². The predicted molar refractivity (Wildman–Crippen MR) is 172 cm³/mol. The lowest BCUT2D eigenvalue weighted by atomic mass is 10.1. The highest BCUT2D eigenvalue weighted by atomic mass is 35.5. The van der Waals surface area contributed by atoms with Crippen LogP contribution in [-0.4, -0.2) is 97.2 Å². The summed E-state index contributed by atoms with van der Waals surface area (Å²) in [5.74, 6) is -2.73. The first-order chi connectivity index (χ1) is 21.5. The van der Waals surface area contributed by atoms with E-state index in [0.29, 0.717) is 41.7 Å². The largest absolute Gasteiger partial charge is 0.481 e. The van der Waals surface area contributed by atoms with Crippen LogP contribution in [0.3, 0.4) is 0 Å². The van der Waals surface area contributed by atoms with Crippen LogP contribution in [0.2, 0.25) is 4.34 Å². The molecule has 0 saturated carbocycles. The van der Waals surface area contributed by atoms with E-state index in [1.54, 1.807) is 35.2 Å². The topological polar surface area (TPSA) is 189 Å². The number of nitrogens with zero attached hydrogens (tertiary/aromatic N) is 3. The molecule has 2 atom stereocenters. The van der Waals surface area contributed by atoms with Crippen LogP contribution in [0.5, 0.6) is 0 Å². The van der Waals surface area contributed by atoms with Crippen molar-refractivity contribution in [3.05, 3.63) is 45.6 Å². The van der Waals surface area contributed by atoms with Crippen LogP contribution in [0.1, 0.15) is 41.8 Å². The summed E-state index contributed by atoms with van der Waals surface area (Å²) in [7, 11) is 0. The number of nitrogens with two attached hydrogens (primary N) is 1. The van der Waals surface area contributed by atoms with Crippen molar-refractivity contribution in [1.82, 2.24) is 10.2 Å². The molecule has 2 aliphatic heterocycles. The number of hydrogen-bond acceptors (Lipinski definition) is 10. The lowest BCUT2D eigenvalue weighted by Gasteiger charge is -2.27. The zero-order chi connectivity index (χ0) is 32.5. The van der Waals surface area contributed by atoms with Crippen molar-refractivity contribution in [1.29, 1.82) is 0 Å². The smallest absolute Gasteiger partial charge is 0.414 e. The molecule has 2 saturated heterocycles. The number of halogens is 2. The highest BCUT2D eigenvalue weighted by Crippen LogP contribution is 2.27. The summed E-state index contributed by atoms with van der Waals surface area (Å²) in [5, 5.41) is 11.4. The van der Waals surface area contributed by atoms with Crippen LogP contribution in [0.15, 0.2) is 36.4 Å². The SMILES string of the molecule is Cl.N[C@@H](CCC(=O)O)C(=O)NCCCCC(=O)N(C[C@H]1CN(c2ccc(N3CCOCC3=O)cc2)C(=O)O1)C(=O)c1ccc(Cl)s1. The molecule has 2 fully saturated rings. The van der Waals surface area contributed by atoms with Gasteiger partial charge in [-0.05, 0) is 55.7 Å². The maximum absolute atomic E-state index is 13.3. The maximum Gasteiger partial charge on any atom is 0.414 e. The standard InChI is InChI=1S/C29H34ClN5O9S.ClH/c30-23-10-9-22(45-23)28(41)35(24(36)3-1-2-12-32-27(40)21(31)8-11-26(38)39)16-20-15-34(29(42)44-20)19-6-4-18(5-7-19)33-13-14-43-17-25(33)37;/h4-7,9-10,20-21H,1-3,8,11-17,31H2,(H,32,40)(H,38,39);1H/t20-,21+;/m1./s1. The summed E-state index contributed by atoms with van der Waals surface area (Å²) in [4.78, 5) is 78.6. The summed E-state index contributed by atoms with van der Waals surface area (Å²) < 4.78 is 11.1. The quantitative estimate of drug-likeness (QED) is 0.247. The summed E-state index contributed by atoms with van der Waals surface area (Å²) in [6, 6.07) is 8.97. The predicted octanol–water partition coefficient (Wildman–Crippen LogP) is 2.66. The van der Waals surface area contributed by atoms with E-state index in [4.69, 9.17) is 31.9 Å². The molecule has 0 bridgehead atoms. The molecule has 46 heavy (non-hydrogen) atoms. The number of rotatable bonds is 14. The molecule has 14 nitrogen and oxygen atoms in total. The van der Waals surface area contributed by atoms with Crippen molar-refractivity contribution in [2.45, 2.75) is 44.2 Å². The monoisotopic (exact) mass is 699 g/mol. The Labute approximate surface area is 280 Å². The second-order valence-corrected chi connectivity index (χ2v) is 12.1. The number of carboxylic acid groups (broad SMARTS) is 1. The zero-order valence-corrected chi connectivity index (χ0v) is 27.1. The number of aliphatic carboxylic acids is 1. The number of benzene rings is 1. The van der Waals surface area contributed by atoms with Gasteiger partial charge in [-0.3, -0.25) is 33.8 Å². The number of amides is 5. The number of anilines is 2. The van der Waals surface area contributed by atoms with Crippen molar-refractivity contribution in [3.63, 3.8) is 0 Å². The molecule has 17 heteroatoms. The highest BCUT2D eigenvalue weighted by Gasteiger charge is 2.36. The number of unbranched alkanes of at least 4 members (excludes halogenated alkanes) is 1. The first kappa shape index (κ1) is 36.7. The van der Waals surface area contributed by atoms with Gasteiger partial charge in [0.25, 0.3) is 11.8 Å². The van der Waals surface area contributed by atoms with E-state index in [2.05, 4.69) is 5.32 Å². The normalized spacial score (nSPS) is 16.8. The van der Waals surface area contributed by atoms with E-state index in [0.717, 1.165) is 16.2 Å². The van der Waals surface area contributed by atoms with Crippen LogP contribution in [0, 0.1) is 0 Å². The fourth-order valence-electron chi connectivity index (χ4n) is 4.78. The van der Waals surface area contributed by atoms with Gasteiger partial charge >= 0.3 is 12.1 Å². The second kappa shape index (κ2) is 17.2. The van der Waals surface area contributed by atoms with E-state index >= 15 is 0 Å². The molecule has 0 spiro atoms. The molecule has 1 aromatic heterocycles. The third-order valence-corrected chi connectivity index (χ3v) is 8.39. The Balaban J connectivity index is 0.00000576. The number of ether oxygens (including phenoxy) is 2. The van der Waals surface area contributed by atoms with Gasteiger partial charge in [0, 0.05) is 37.3 Å². The van der Waals surface area contributed by atoms with Crippen LogP contribution in [0.25, 0.3) is 0 Å². The van der Waals surface area contributed by atoms with E-state index in [9.17, 15) is 28.8 Å². The first-order valence-electron chi connectivity index (χ1n) is 14.3. The number of carboxylic acids is 1. The Kier molecular flexibility index (Phi) is 13.8. The van der Waals surface area contributed by atoms with Crippen molar-refractivity contribution in [3.8, 4) is 0 Å². The number of cyclic esters (lactones) is 1. The Morgan fingerprint density at radius 1 is 1.07 bits per heavy atom. The zero-order valence-electron chi connectivity index (χ0n) is 24.7. The highest BCUT2D eigenvalue weighted by molar-refractivity contribution is 7.18. The molecule has 4 N–H and O–H groups in total. The Morgan fingerprint density at radius 2 is 1.76 bits per heavy atom. The Morgan fingerprint density at radius 3 is 2.39 bits per heavy atom. The molecule has 4 rings (SSSR count). The molecule has 0 unspecified atom stereocenters. The van der Waals surface area contributed by atoms with Crippen LogP contribution in [0.4, 0.5) is 16.2 Å². The molecule has 5 amide bonds. The number of hydrogen-bond donors (Lipinski definition) is 3. The van der Waals surface area contributed by atoms with Crippen LogP contribution in [-0.2, 0) is 28.7 Å². The number of carbonyl (C=O) groups excluding carboxylic acids is 5. The van der Waals surface area contributed by atoms with Gasteiger partial charge in [0.15, 0.2) is 0 Å². The first-order valence-corrected chi connectivity index (χ1v) is 15.5. The van der Waals surface area contributed by atoms with Gasteiger partial charge < -0.3 is 30.5 Å². The lowest BCUT2D eigenvalue weighted by molar-refractivity contribution is -0.137. The van der Waals surface area contributed by atoms with Gasteiger partial charge in [-0.2, -0.15) is 0 Å². The van der Waals surface area contributed by atoms with Crippen molar-refractivity contribution < 1.29 is 43.3 Å². The summed E-state index contributed by atoms with van der Waals surface area (Å²) in [6.07, 6.45) is -0.911. The fourth-order valence-corrected chi connectivity index (χ4v) is 5.78. The molecular weight excluding hydrogens is 665 g/mol. The minimum absolute atomic E-state index is 0. The number of imide groups is 1. The van der Waals surface area contributed by atoms with E-state index in [-0.39, 0.29) is 68.7 Å². The third kappa shape index (κ3) is 9.87. The summed E-state index contributed by atoms with van der Waals surface area (Å²) in [5.41, 5.74) is 6.90. The van der Waals surface area contributed by atoms with E-state index in [1.165, 1.54) is 11.0 Å². The summed E-state index contributed by atoms with van der Waals surface area (Å²) in [6.45, 7) is 0.998. The average Bonchev–Trinajstić information content (AvgIpc) is 3.63. The van der Waals surface area contributed by atoms with Gasteiger partial charge in [0.2, 0.25) is 11.8 Å². The van der Waals surface area contributed by atoms with Gasteiger partial charge in [0.05, 0.1) is 35.0 Å². The molecule has 1 aromatic carbocycles. The number of morpholine rings is 1. The number of thiophene rings is 1. The van der Waals surface area contributed by atoms with E-state index in [1.807, 2.05) is 0 Å². The third-order valence-electron chi connectivity index (χ3n) is 7.17. The van der Waals surface area contributed by atoms with Gasteiger partial charge in [-0.1, -0.05) is 11.6 Å². The molecule has 2 aromatic rings. The van der Waals surface area contributed by atoms with E-state index < -0.39 is 41.9 Å². The maximum atomic E-state index is 13.3. The molecule has 2 aliphatic rings. The van der Waals surface area contributed by atoms with Gasteiger partial charge in [0.1, 0.15) is 12.7 Å². The number of nitrogens with one attached hydrogen (secondary N) is 1. The molecule has 0 aliphatic carbocycles. The molecule has 250 valence electrons. The van der Waals surface area contributed by atoms with Crippen LogP contribution >= 0.6 is 35.3 Å². The second-order valence-electron chi connectivity index (χ2n) is 10.4. The fraction of sp³-hybridized carbons (Fsp3) is 0.448.